The van der Waals surface area contributed by atoms with E-state index in [2.05, 4.69) is 5.32 Å². The normalized spacial score (nSPS) is 13.7. The number of nitrogens with one attached hydrogen (secondary N) is 1. The standard InChI is InChI=1S/C25H19Cl2N3O7S/c26-18-11-15(38(28,35)36)12-19(27)22(18)29-21(31)13-37-25(34)20(10-14-6-2-1-3-7-14)30-23(32)16-8-4-5-9-17(16)24(30)33/h1-9,11-12,20H,10,13H2,(H,29,31)(H2,28,35,36)/t20-/m1/s1. The predicted octanol–water partition coefficient (Wildman–Crippen LogP) is 3.03. The lowest BCUT2D eigenvalue weighted by Gasteiger charge is -2.24. The van der Waals surface area contributed by atoms with E-state index in [0.717, 1.165) is 17.0 Å². The maximum Gasteiger partial charge on any atom is 0.330 e. The van der Waals surface area contributed by atoms with Crippen molar-refractivity contribution < 1.29 is 32.3 Å². The Bertz CT molecular complexity index is 1500. The van der Waals surface area contributed by atoms with Gasteiger partial charge in [-0.15, -0.1) is 0 Å². The van der Waals surface area contributed by atoms with Crippen LogP contribution in [0, 0.1) is 0 Å². The monoisotopic (exact) mass is 575 g/mol. The highest BCUT2D eigenvalue weighted by atomic mass is 35.5. The second kappa shape index (κ2) is 10.9. The zero-order valence-corrected chi connectivity index (χ0v) is 21.7. The summed E-state index contributed by atoms with van der Waals surface area (Å²) in [6, 6.07) is 15.5. The van der Waals surface area contributed by atoms with Crippen molar-refractivity contribution >= 4 is 62.6 Å². The molecule has 0 saturated heterocycles. The lowest BCUT2D eigenvalue weighted by Crippen LogP contribution is -2.47. The number of imide groups is 1. The highest BCUT2D eigenvalue weighted by Crippen LogP contribution is 2.33. The number of sulfonamides is 1. The van der Waals surface area contributed by atoms with E-state index in [4.69, 9.17) is 33.1 Å². The van der Waals surface area contributed by atoms with E-state index in [1.54, 1.807) is 42.5 Å². The molecule has 1 heterocycles. The number of benzene rings is 3. The Labute approximate surface area is 227 Å². The number of primary sulfonamides is 1. The van der Waals surface area contributed by atoms with Crippen LogP contribution in [0.15, 0.2) is 71.6 Å². The van der Waals surface area contributed by atoms with E-state index in [-0.39, 0.29) is 38.2 Å². The van der Waals surface area contributed by atoms with Crippen LogP contribution in [0.5, 0.6) is 0 Å². The Morgan fingerprint density at radius 2 is 1.45 bits per heavy atom. The molecule has 13 heteroatoms. The van der Waals surface area contributed by atoms with Crippen molar-refractivity contribution in [3.8, 4) is 0 Å². The van der Waals surface area contributed by atoms with E-state index >= 15 is 0 Å². The van der Waals surface area contributed by atoms with Crippen molar-refractivity contribution in [2.45, 2.75) is 17.4 Å². The van der Waals surface area contributed by atoms with Gasteiger partial charge in [0.1, 0.15) is 6.04 Å². The number of carbonyl (C=O) groups excluding carboxylic acids is 4. The van der Waals surface area contributed by atoms with Gasteiger partial charge in [0.2, 0.25) is 10.0 Å². The van der Waals surface area contributed by atoms with Crippen LogP contribution in [0.2, 0.25) is 10.0 Å². The molecule has 0 spiro atoms. The molecule has 1 aliphatic rings. The summed E-state index contributed by atoms with van der Waals surface area (Å²) in [6.45, 7) is -0.809. The van der Waals surface area contributed by atoms with Gasteiger partial charge >= 0.3 is 5.97 Å². The number of hydrogen-bond acceptors (Lipinski definition) is 7. The molecule has 0 saturated carbocycles. The Hall–Kier alpha value is -3.77. The quantitative estimate of drug-likeness (QED) is 0.309. The molecule has 4 rings (SSSR count). The number of rotatable bonds is 8. The van der Waals surface area contributed by atoms with Crippen molar-refractivity contribution in [1.82, 2.24) is 4.90 Å². The first-order chi connectivity index (χ1) is 18.0. The highest BCUT2D eigenvalue weighted by Gasteiger charge is 2.43. The third kappa shape index (κ3) is 5.70. The molecule has 0 fully saturated rings. The summed E-state index contributed by atoms with van der Waals surface area (Å²) in [5, 5.41) is 6.98. The fraction of sp³-hybridized carbons (Fsp3) is 0.120. The molecule has 196 valence electrons. The van der Waals surface area contributed by atoms with Crippen molar-refractivity contribution in [3.05, 3.63) is 93.5 Å². The number of nitrogens with two attached hydrogens (primary N) is 1. The molecule has 0 aliphatic carbocycles. The maximum atomic E-state index is 13.1. The van der Waals surface area contributed by atoms with Gasteiger partial charge in [-0.25, -0.2) is 18.4 Å². The van der Waals surface area contributed by atoms with Crippen LogP contribution in [0.1, 0.15) is 26.3 Å². The molecule has 0 bridgehead atoms. The predicted molar refractivity (Wildman–Crippen MR) is 138 cm³/mol. The molecule has 0 unspecified atom stereocenters. The minimum absolute atomic E-state index is 0.0422. The van der Waals surface area contributed by atoms with Gasteiger partial charge in [0.05, 0.1) is 31.8 Å². The zero-order valence-electron chi connectivity index (χ0n) is 19.4. The highest BCUT2D eigenvalue weighted by molar-refractivity contribution is 7.89. The summed E-state index contributed by atoms with van der Waals surface area (Å²) in [4.78, 5) is 52.2. The van der Waals surface area contributed by atoms with Gasteiger partial charge in [-0.05, 0) is 29.8 Å². The fourth-order valence-corrected chi connectivity index (χ4v) is 5.13. The van der Waals surface area contributed by atoms with Crippen LogP contribution in [0.25, 0.3) is 0 Å². The largest absolute Gasteiger partial charge is 0.454 e. The maximum absolute atomic E-state index is 13.1. The number of nitrogens with zero attached hydrogens (tertiary/aromatic N) is 1. The van der Waals surface area contributed by atoms with Crippen LogP contribution >= 0.6 is 23.2 Å². The van der Waals surface area contributed by atoms with Crippen LogP contribution < -0.4 is 10.5 Å². The number of hydrogen-bond donors (Lipinski definition) is 2. The van der Waals surface area contributed by atoms with Gasteiger partial charge in [0, 0.05) is 6.42 Å². The average Bonchev–Trinajstić information content (AvgIpc) is 3.13. The molecule has 38 heavy (non-hydrogen) atoms. The minimum Gasteiger partial charge on any atom is -0.454 e. The van der Waals surface area contributed by atoms with E-state index in [1.807, 2.05) is 0 Å². The molecular formula is C25H19Cl2N3O7S. The lowest BCUT2D eigenvalue weighted by molar-refractivity contribution is -0.151. The second-order valence-corrected chi connectivity index (χ2v) is 10.6. The molecule has 1 aliphatic heterocycles. The third-order valence-corrected chi connectivity index (χ3v) is 7.12. The summed E-state index contributed by atoms with van der Waals surface area (Å²) < 4.78 is 28.2. The van der Waals surface area contributed by atoms with E-state index in [1.165, 1.54) is 12.1 Å². The molecule has 0 radical (unpaired) electrons. The number of amides is 3. The molecular weight excluding hydrogens is 557 g/mol. The summed E-state index contributed by atoms with van der Waals surface area (Å²) in [5.74, 6) is -3.14. The molecule has 3 amide bonds. The van der Waals surface area contributed by atoms with Gasteiger partial charge in [0.25, 0.3) is 17.7 Å². The van der Waals surface area contributed by atoms with Crippen LogP contribution in [0.3, 0.4) is 0 Å². The molecule has 3 N–H and O–H groups in total. The van der Waals surface area contributed by atoms with Crippen molar-refractivity contribution in [2.24, 2.45) is 5.14 Å². The molecule has 3 aromatic rings. The van der Waals surface area contributed by atoms with E-state index < -0.39 is 46.4 Å². The van der Waals surface area contributed by atoms with E-state index in [0.29, 0.717) is 5.56 Å². The summed E-state index contributed by atoms with van der Waals surface area (Å²) in [5.41, 5.74) is 0.855. The number of carbonyl (C=O) groups is 4. The van der Waals surface area contributed by atoms with Crippen LogP contribution in [-0.2, 0) is 30.8 Å². The van der Waals surface area contributed by atoms with Crippen LogP contribution in [0.4, 0.5) is 5.69 Å². The average molecular weight is 576 g/mol. The van der Waals surface area contributed by atoms with Crippen molar-refractivity contribution in [1.29, 1.82) is 0 Å². The number of ether oxygens (including phenoxy) is 1. The molecule has 10 nitrogen and oxygen atoms in total. The van der Waals surface area contributed by atoms with Gasteiger partial charge < -0.3 is 10.1 Å². The van der Waals surface area contributed by atoms with Gasteiger partial charge in [-0.3, -0.25) is 19.3 Å². The topological polar surface area (TPSA) is 153 Å². The Morgan fingerprint density at radius 3 is 1.97 bits per heavy atom. The summed E-state index contributed by atoms with van der Waals surface area (Å²) in [7, 11) is -4.10. The van der Waals surface area contributed by atoms with Gasteiger partial charge in [0.15, 0.2) is 6.61 Å². The number of fused-ring (bicyclic) bond motifs is 1. The summed E-state index contributed by atoms with van der Waals surface area (Å²) in [6.07, 6.45) is -0.0422. The smallest absolute Gasteiger partial charge is 0.330 e. The zero-order chi connectivity index (χ0) is 27.6. The lowest BCUT2D eigenvalue weighted by atomic mass is 10.0. The Balaban J connectivity index is 1.51. The first-order valence-corrected chi connectivity index (χ1v) is 13.3. The van der Waals surface area contributed by atoms with Crippen molar-refractivity contribution in [2.75, 3.05) is 11.9 Å². The SMILES string of the molecule is NS(=O)(=O)c1cc(Cl)c(NC(=O)COC(=O)[C@@H](Cc2ccccc2)N2C(=O)c3ccccc3C2=O)c(Cl)c1. The fourth-order valence-electron chi connectivity index (χ4n) is 3.85. The molecule has 0 aromatic heterocycles. The Kier molecular flexibility index (Phi) is 7.83. The summed E-state index contributed by atoms with van der Waals surface area (Å²) >= 11 is 12.1. The van der Waals surface area contributed by atoms with Gasteiger partial charge in [-0.2, -0.15) is 0 Å². The van der Waals surface area contributed by atoms with Crippen LogP contribution in [-0.4, -0.2) is 49.7 Å². The minimum atomic E-state index is -4.10. The van der Waals surface area contributed by atoms with Crippen molar-refractivity contribution in [3.63, 3.8) is 0 Å². The van der Waals surface area contributed by atoms with E-state index in [9.17, 15) is 27.6 Å². The Morgan fingerprint density at radius 1 is 0.921 bits per heavy atom. The number of anilines is 1. The number of esters is 1. The number of halogens is 2. The second-order valence-electron chi connectivity index (χ2n) is 8.19. The first-order valence-electron chi connectivity index (χ1n) is 11.0. The molecule has 3 aromatic carbocycles. The third-order valence-electron chi connectivity index (χ3n) is 5.64. The first kappa shape index (κ1) is 27.3. The molecule has 1 atom stereocenters. The van der Waals surface area contributed by atoms with Gasteiger partial charge in [-0.1, -0.05) is 65.7 Å².